The van der Waals surface area contributed by atoms with Gasteiger partial charge in [-0.15, -0.1) is 6.42 Å². The molecule has 0 unspecified atom stereocenters. The minimum Gasteiger partial charge on any atom is -0.496 e. The van der Waals surface area contributed by atoms with E-state index in [2.05, 4.69) is 5.92 Å². The van der Waals surface area contributed by atoms with Crippen LogP contribution in [0.15, 0.2) is 17.1 Å². The third-order valence-electron chi connectivity index (χ3n) is 3.05. The van der Waals surface area contributed by atoms with Gasteiger partial charge < -0.3 is 9.84 Å². The summed E-state index contributed by atoms with van der Waals surface area (Å²) < 4.78 is 6.33. The van der Waals surface area contributed by atoms with Gasteiger partial charge in [0.05, 0.1) is 18.4 Å². The zero-order valence-electron chi connectivity index (χ0n) is 10.5. The lowest BCUT2D eigenvalue weighted by Gasteiger charge is -2.19. The zero-order valence-corrected chi connectivity index (χ0v) is 10.5. The molecule has 1 aromatic rings. The van der Waals surface area contributed by atoms with Crippen molar-refractivity contribution in [3.05, 3.63) is 39.5 Å². The molecule has 19 heavy (non-hydrogen) atoms. The molecule has 1 aliphatic heterocycles. The fourth-order valence-electron chi connectivity index (χ4n) is 2.10. The van der Waals surface area contributed by atoms with Crippen molar-refractivity contribution >= 4 is 11.5 Å². The van der Waals surface area contributed by atoms with Gasteiger partial charge in [-0.3, -0.25) is 9.36 Å². The largest absolute Gasteiger partial charge is 0.496 e. The van der Waals surface area contributed by atoms with Gasteiger partial charge in [0.25, 0.3) is 5.56 Å². The summed E-state index contributed by atoms with van der Waals surface area (Å²) >= 11 is 0. The Kier molecular flexibility index (Phi) is 3.43. The van der Waals surface area contributed by atoms with Crippen molar-refractivity contribution in [2.45, 2.75) is 26.5 Å². The number of carboxylic acids is 1. The molecule has 0 bridgehead atoms. The van der Waals surface area contributed by atoms with Gasteiger partial charge in [0.2, 0.25) is 0 Å². The number of fused-ring (bicyclic) bond motifs is 1. The van der Waals surface area contributed by atoms with Crippen molar-refractivity contribution in [1.82, 2.24) is 4.57 Å². The zero-order chi connectivity index (χ0) is 14.0. The van der Waals surface area contributed by atoms with Crippen LogP contribution in [0.5, 0.6) is 0 Å². The minimum absolute atomic E-state index is 0.0705. The van der Waals surface area contributed by atoms with Crippen LogP contribution in [-0.4, -0.2) is 15.6 Å². The number of aromatic carboxylic acids is 1. The second kappa shape index (κ2) is 5.02. The summed E-state index contributed by atoms with van der Waals surface area (Å²) in [6.45, 7) is 1.98. The van der Waals surface area contributed by atoms with E-state index in [1.807, 2.05) is 6.92 Å². The van der Waals surface area contributed by atoms with Crippen molar-refractivity contribution in [1.29, 1.82) is 0 Å². The van der Waals surface area contributed by atoms with E-state index in [1.54, 1.807) is 6.26 Å². The van der Waals surface area contributed by atoms with Crippen molar-refractivity contribution in [3.63, 3.8) is 0 Å². The summed E-state index contributed by atoms with van der Waals surface area (Å²) in [5, 5.41) is 9.20. The van der Waals surface area contributed by atoms with Crippen LogP contribution in [0.1, 0.15) is 35.0 Å². The van der Waals surface area contributed by atoms with E-state index in [0.29, 0.717) is 17.5 Å². The number of hydrogen-bond acceptors (Lipinski definition) is 3. The van der Waals surface area contributed by atoms with E-state index in [9.17, 15) is 14.7 Å². The molecule has 0 spiro atoms. The predicted molar refractivity (Wildman–Crippen MR) is 69.6 cm³/mol. The molecule has 0 aromatic carbocycles. The molecule has 0 aliphatic carbocycles. The molecule has 2 heterocycles. The van der Waals surface area contributed by atoms with E-state index >= 15 is 0 Å². The molecular weight excluding hydrogens is 246 g/mol. The Balaban J connectivity index is 2.76. The predicted octanol–water partition coefficient (Wildman–Crippen LogP) is 1.46. The highest BCUT2D eigenvalue weighted by atomic mass is 16.5. The van der Waals surface area contributed by atoms with Crippen molar-refractivity contribution in [3.8, 4) is 12.3 Å². The highest BCUT2D eigenvalue weighted by Crippen LogP contribution is 2.26. The number of terminal acetylenes is 1. The Hall–Kier alpha value is -2.48. The van der Waals surface area contributed by atoms with Gasteiger partial charge in [-0.05, 0) is 23.6 Å². The van der Waals surface area contributed by atoms with Gasteiger partial charge in [0.15, 0.2) is 0 Å². The number of allylic oxidation sites excluding steroid dienone is 1. The van der Waals surface area contributed by atoms with Crippen LogP contribution in [0.25, 0.3) is 5.57 Å². The van der Waals surface area contributed by atoms with Crippen molar-refractivity contribution < 1.29 is 14.6 Å². The molecule has 0 saturated carbocycles. The second-order valence-electron chi connectivity index (χ2n) is 4.13. The summed E-state index contributed by atoms with van der Waals surface area (Å²) in [5.41, 5.74) is 1.42. The number of carbonyl (C=O) groups is 1. The van der Waals surface area contributed by atoms with Crippen LogP contribution >= 0.6 is 0 Å². The third kappa shape index (κ3) is 2.13. The average molecular weight is 259 g/mol. The van der Waals surface area contributed by atoms with Gasteiger partial charge in [0.1, 0.15) is 12.3 Å². The second-order valence-corrected chi connectivity index (χ2v) is 4.13. The number of aromatic nitrogens is 1. The van der Waals surface area contributed by atoms with E-state index in [-0.39, 0.29) is 18.8 Å². The van der Waals surface area contributed by atoms with Crippen LogP contribution in [-0.2, 0) is 17.9 Å². The number of nitrogens with zero attached hydrogens (tertiary/aromatic N) is 1. The Morgan fingerprint density at radius 2 is 2.37 bits per heavy atom. The molecule has 0 atom stereocenters. The summed E-state index contributed by atoms with van der Waals surface area (Å²) in [6.07, 6.45) is 7.41. The Bertz CT molecular complexity index is 661. The van der Waals surface area contributed by atoms with Gasteiger partial charge in [0, 0.05) is 0 Å². The Morgan fingerprint density at radius 3 is 2.95 bits per heavy atom. The molecule has 5 nitrogen and oxygen atoms in total. The molecule has 0 saturated heterocycles. The van der Waals surface area contributed by atoms with Crippen LogP contribution < -0.4 is 5.56 Å². The molecule has 0 fully saturated rings. The lowest BCUT2D eigenvalue weighted by atomic mass is 9.98. The number of ether oxygens (including phenoxy) is 1. The first kappa shape index (κ1) is 13.0. The molecule has 1 aromatic heterocycles. The summed E-state index contributed by atoms with van der Waals surface area (Å²) in [7, 11) is 0. The van der Waals surface area contributed by atoms with Gasteiger partial charge >= 0.3 is 5.97 Å². The van der Waals surface area contributed by atoms with Gasteiger partial charge in [-0.1, -0.05) is 12.8 Å². The topological polar surface area (TPSA) is 68.5 Å². The molecule has 2 rings (SSSR count). The minimum atomic E-state index is -1.17. The summed E-state index contributed by atoms with van der Waals surface area (Å²) in [5.74, 6) is 1.13. The summed E-state index contributed by atoms with van der Waals surface area (Å²) in [4.78, 5) is 23.5. The first-order chi connectivity index (χ1) is 9.10. The van der Waals surface area contributed by atoms with Crippen LogP contribution in [0.4, 0.5) is 0 Å². The lowest BCUT2D eigenvalue weighted by molar-refractivity contribution is 0.0684. The fourth-order valence-corrected chi connectivity index (χ4v) is 2.10. The van der Waals surface area contributed by atoms with Crippen LogP contribution in [0.2, 0.25) is 0 Å². The summed E-state index contributed by atoms with van der Waals surface area (Å²) in [6, 6.07) is 1.49. The van der Waals surface area contributed by atoms with Crippen molar-refractivity contribution in [2.24, 2.45) is 0 Å². The maximum absolute atomic E-state index is 12.3. The van der Waals surface area contributed by atoms with E-state index in [0.717, 1.165) is 10.1 Å². The van der Waals surface area contributed by atoms with Gasteiger partial charge in [-0.2, -0.15) is 0 Å². The van der Waals surface area contributed by atoms with E-state index in [4.69, 9.17) is 11.2 Å². The average Bonchev–Trinajstić information content (AvgIpc) is 2.41. The maximum Gasteiger partial charge on any atom is 0.352 e. The monoisotopic (exact) mass is 259 g/mol. The standard InChI is InChI=1S/C14H13NO4/c1-3-5-15-12(14(17)18)6-10-9(4-2)7-19-8-11(10)13(15)16/h1,6-7H,4-5,8H2,2H3,(H,17,18). The van der Waals surface area contributed by atoms with Crippen LogP contribution in [0.3, 0.4) is 0 Å². The first-order valence-corrected chi connectivity index (χ1v) is 5.84. The highest BCUT2D eigenvalue weighted by molar-refractivity contribution is 5.87. The first-order valence-electron chi connectivity index (χ1n) is 5.84. The van der Waals surface area contributed by atoms with E-state index < -0.39 is 11.5 Å². The smallest absolute Gasteiger partial charge is 0.352 e. The molecule has 98 valence electrons. The Morgan fingerprint density at radius 1 is 1.63 bits per heavy atom. The molecular formula is C14H13NO4. The normalized spacial score (nSPS) is 12.9. The highest BCUT2D eigenvalue weighted by Gasteiger charge is 2.22. The third-order valence-corrected chi connectivity index (χ3v) is 3.05. The lowest BCUT2D eigenvalue weighted by Crippen LogP contribution is -2.31. The number of rotatable bonds is 3. The molecule has 0 amide bonds. The Labute approximate surface area is 110 Å². The fraction of sp³-hybridized carbons (Fsp3) is 0.286. The SMILES string of the molecule is C#CCn1c(C(=O)O)cc2c(c1=O)COC=C2CC. The van der Waals surface area contributed by atoms with Crippen LogP contribution in [0, 0.1) is 12.3 Å². The quantitative estimate of drug-likeness (QED) is 0.834. The number of hydrogen-bond donors (Lipinski definition) is 1. The number of pyridine rings is 1. The molecule has 5 heteroatoms. The van der Waals surface area contributed by atoms with E-state index in [1.165, 1.54) is 6.07 Å². The van der Waals surface area contributed by atoms with Gasteiger partial charge in [-0.25, -0.2) is 4.79 Å². The number of carboxylic acid groups (broad SMARTS) is 1. The molecule has 0 radical (unpaired) electrons. The van der Waals surface area contributed by atoms with Crippen molar-refractivity contribution in [2.75, 3.05) is 0 Å². The molecule has 1 aliphatic rings. The maximum atomic E-state index is 12.3. The molecule has 1 N–H and O–H groups in total.